The van der Waals surface area contributed by atoms with Gasteiger partial charge in [-0.3, -0.25) is 0 Å². The van der Waals surface area contributed by atoms with Crippen LogP contribution in [0.15, 0.2) is 36.4 Å². The van der Waals surface area contributed by atoms with Crippen LogP contribution in [0.4, 0.5) is 16.2 Å². The van der Waals surface area contributed by atoms with Crippen molar-refractivity contribution in [1.82, 2.24) is 0 Å². The topological polar surface area (TPSA) is 70.6 Å². The summed E-state index contributed by atoms with van der Waals surface area (Å²) in [6.07, 6.45) is 0. The average Bonchev–Trinajstić information content (AvgIpc) is 2.45. The Morgan fingerprint density at radius 3 is 2.33 bits per heavy atom. The van der Waals surface area contributed by atoms with Gasteiger partial charge in [-0.05, 0) is 61.4 Å². The minimum atomic E-state index is -0.339. The lowest BCUT2D eigenvalue weighted by Gasteiger charge is -2.12. The van der Waals surface area contributed by atoms with Crippen molar-refractivity contribution in [3.8, 4) is 11.5 Å². The number of aryl methyl sites for hydroxylation is 2. The van der Waals surface area contributed by atoms with Crippen LogP contribution >= 0.6 is 0 Å². The van der Waals surface area contributed by atoms with E-state index in [0.717, 1.165) is 11.3 Å². The van der Waals surface area contributed by atoms with E-state index in [2.05, 4.69) is 10.6 Å². The van der Waals surface area contributed by atoms with Gasteiger partial charge in [-0.2, -0.15) is 0 Å². The lowest BCUT2D eigenvalue weighted by atomic mass is 10.1. The predicted molar refractivity (Wildman–Crippen MR) is 83.2 cm³/mol. The number of anilines is 2. The Labute approximate surface area is 123 Å². The minimum absolute atomic E-state index is 0.216. The van der Waals surface area contributed by atoms with Crippen LogP contribution in [0.2, 0.25) is 0 Å². The van der Waals surface area contributed by atoms with Gasteiger partial charge < -0.3 is 20.5 Å². The number of nitrogens with one attached hydrogen (secondary N) is 2. The van der Waals surface area contributed by atoms with E-state index in [9.17, 15) is 9.90 Å². The number of carbonyl (C=O) groups excluding carboxylic acids is 1. The van der Waals surface area contributed by atoms with Crippen LogP contribution in [-0.2, 0) is 0 Å². The number of urea groups is 1. The van der Waals surface area contributed by atoms with Crippen molar-refractivity contribution in [1.29, 1.82) is 0 Å². The van der Waals surface area contributed by atoms with Crippen molar-refractivity contribution in [3.63, 3.8) is 0 Å². The quantitative estimate of drug-likeness (QED) is 0.754. The Hall–Kier alpha value is -2.69. The number of hydrogen-bond acceptors (Lipinski definition) is 3. The molecule has 0 aliphatic rings. The fraction of sp³-hybridized carbons (Fsp3) is 0.188. The van der Waals surface area contributed by atoms with Crippen LogP contribution in [0.5, 0.6) is 11.5 Å². The lowest BCUT2D eigenvalue weighted by molar-refractivity contribution is 0.262. The molecule has 2 rings (SSSR count). The van der Waals surface area contributed by atoms with Gasteiger partial charge in [0, 0.05) is 11.4 Å². The van der Waals surface area contributed by atoms with E-state index in [1.54, 1.807) is 50.4 Å². The smallest absolute Gasteiger partial charge is 0.323 e. The maximum absolute atomic E-state index is 12.0. The average molecular weight is 286 g/mol. The van der Waals surface area contributed by atoms with E-state index in [4.69, 9.17) is 4.74 Å². The van der Waals surface area contributed by atoms with Gasteiger partial charge >= 0.3 is 6.03 Å². The van der Waals surface area contributed by atoms with E-state index in [-0.39, 0.29) is 11.8 Å². The maximum Gasteiger partial charge on any atom is 0.323 e. The number of ether oxygens (including phenoxy) is 1. The van der Waals surface area contributed by atoms with Crippen molar-refractivity contribution in [3.05, 3.63) is 47.5 Å². The fourth-order valence-corrected chi connectivity index (χ4v) is 1.89. The molecule has 0 saturated carbocycles. The van der Waals surface area contributed by atoms with E-state index < -0.39 is 0 Å². The number of methoxy groups -OCH3 is 1. The standard InChI is InChI=1S/C16H18N2O3/c1-10-9-15(19)11(2)8-14(10)18-16(20)17-12-4-6-13(21-3)7-5-12/h4-9,19H,1-3H3,(H2,17,18,20). The second-order valence-corrected chi connectivity index (χ2v) is 4.76. The van der Waals surface area contributed by atoms with E-state index in [0.29, 0.717) is 16.9 Å². The number of benzene rings is 2. The first-order valence-corrected chi connectivity index (χ1v) is 6.52. The Bertz CT molecular complexity index is 651. The summed E-state index contributed by atoms with van der Waals surface area (Å²) < 4.78 is 5.06. The summed E-state index contributed by atoms with van der Waals surface area (Å²) in [6.45, 7) is 3.60. The van der Waals surface area contributed by atoms with E-state index in [1.807, 2.05) is 6.92 Å². The third-order valence-electron chi connectivity index (χ3n) is 3.14. The molecule has 0 radical (unpaired) electrons. The summed E-state index contributed by atoms with van der Waals surface area (Å²) in [5.74, 6) is 0.944. The van der Waals surface area contributed by atoms with Gasteiger partial charge in [0.05, 0.1) is 7.11 Å². The summed E-state index contributed by atoms with van der Waals surface area (Å²) >= 11 is 0. The zero-order valence-corrected chi connectivity index (χ0v) is 12.2. The van der Waals surface area contributed by atoms with Crippen LogP contribution in [-0.4, -0.2) is 18.2 Å². The number of rotatable bonds is 3. The first-order valence-electron chi connectivity index (χ1n) is 6.52. The number of hydrogen-bond donors (Lipinski definition) is 3. The van der Waals surface area contributed by atoms with E-state index in [1.165, 1.54) is 0 Å². The van der Waals surface area contributed by atoms with Crippen LogP contribution in [0, 0.1) is 13.8 Å². The van der Waals surface area contributed by atoms with Crippen molar-refractivity contribution in [2.24, 2.45) is 0 Å². The highest BCUT2D eigenvalue weighted by Crippen LogP contribution is 2.25. The molecule has 0 saturated heterocycles. The summed E-state index contributed by atoms with van der Waals surface area (Å²) in [7, 11) is 1.59. The first kappa shape index (κ1) is 14.7. The third kappa shape index (κ3) is 3.66. The van der Waals surface area contributed by atoms with Gasteiger partial charge in [-0.1, -0.05) is 0 Å². The van der Waals surface area contributed by atoms with Crippen LogP contribution in [0.25, 0.3) is 0 Å². The molecule has 5 heteroatoms. The Morgan fingerprint density at radius 1 is 1.05 bits per heavy atom. The molecule has 0 aliphatic heterocycles. The van der Waals surface area contributed by atoms with Gasteiger partial charge in [-0.15, -0.1) is 0 Å². The third-order valence-corrected chi connectivity index (χ3v) is 3.14. The Kier molecular flexibility index (Phi) is 4.33. The number of phenolic OH excluding ortho intramolecular Hbond substituents is 1. The molecule has 110 valence electrons. The van der Waals surface area contributed by atoms with Gasteiger partial charge in [-0.25, -0.2) is 4.79 Å². The Morgan fingerprint density at radius 2 is 1.71 bits per heavy atom. The second kappa shape index (κ2) is 6.17. The highest BCUT2D eigenvalue weighted by atomic mass is 16.5. The highest BCUT2D eigenvalue weighted by molar-refractivity contribution is 6.00. The maximum atomic E-state index is 12.0. The van der Waals surface area contributed by atoms with E-state index >= 15 is 0 Å². The SMILES string of the molecule is COc1ccc(NC(=O)Nc2cc(C)c(O)cc2C)cc1. The molecule has 0 unspecified atom stereocenters. The summed E-state index contributed by atoms with van der Waals surface area (Å²) in [5.41, 5.74) is 2.83. The zero-order chi connectivity index (χ0) is 15.4. The molecular formula is C16H18N2O3. The molecule has 2 amide bonds. The molecule has 0 atom stereocenters. The molecule has 21 heavy (non-hydrogen) atoms. The molecule has 5 nitrogen and oxygen atoms in total. The molecule has 0 aromatic heterocycles. The summed E-state index contributed by atoms with van der Waals surface area (Å²) in [5, 5.41) is 15.1. The van der Waals surface area contributed by atoms with Gasteiger partial charge in [0.1, 0.15) is 11.5 Å². The predicted octanol–water partition coefficient (Wildman–Crippen LogP) is 3.66. The molecule has 2 aromatic carbocycles. The van der Waals surface area contributed by atoms with Crippen LogP contribution < -0.4 is 15.4 Å². The number of carbonyl (C=O) groups is 1. The Balaban J connectivity index is 2.06. The van der Waals surface area contributed by atoms with Gasteiger partial charge in [0.25, 0.3) is 0 Å². The van der Waals surface area contributed by atoms with Crippen molar-refractivity contribution >= 4 is 17.4 Å². The van der Waals surface area contributed by atoms with Crippen molar-refractivity contribution in [2.45, 2.75) is 13.8 Å². The summed E-state index contributed by atoms with van der Waals surface area (Å²) in [6, 6.07) is 10.1. The zero-order valence-electron chi connectivity index (χ0n) is 12.2. The minimum Gasteiger partial charge on any atom is -0.508 e. The largest absolute Gasteiger partial charge is 0.508 e. The normalized spacial score (nSPS) is 10.0. The molecule has 0 aliphatic carbocycles. The van der Waals surface area contributed by atoms with Gasteiger partial charge in [0.15, 0.2) is 0 Å². The van der Waals surface area contributed by atoms with Crippen LogP contribution in [0.3, 0.4) is 0 Å². The molecule has 3 N–H and O–H groups in total. The first-order chi connectivity index (χ1) is 9.99. The molecule has 0 bridgehead atoms. The molecule has 0 heterocycles. The van der Waals surface area contributed by atoms with Gasteiger partial charge in [0.2, 0.25) is 0 Å². The molecule has 0 spiro atoms. The molecule has 0 fully saturated rings. The molecular weight excluding hydrogens is 268 g/mol. The van der Waals surface area contributed by atoms with Crippen molar-refractivity contribution in [2.75, 3.05) is 17.7 Å². The highest BCUT2D eigenvalue weighted by Gasteiger charge is 2.07. The van der Waals surface area contributed by atoms with Crippen molar-refractivity contribution < 1.29 is 14.6 Å². The number of aromatic hydroxyl groups is 1. The fourth-order valence-electron chi connectivity index (χ4n) is 1.89. The van der Waals surface area contributed by atoms with Crippen LogP contribution in [0.1, 0.15) is 11.1 Å². The molecule has 2 aromatic rings. The number of amides is 2. The second-order valence-electron chi connectivity index (χ2n) is 4.76. The monoisotopic (exact) mass is 286 g/mol. The number of phenols is 1. The lowest BCUT2D eigenvalue weighted by Crippen LogP contribution is -2.20. The summed E-state index contributed by atoms with van der Waals surface area (Å²) in [4.78, 5) is 12.0.